The second-order valence-electron chi connectivity index (χ2n) is 7.33. The second-order valence-corrected chi connectivity index (χ2v) is 7.33. The number of unbranched alkanes of at least 4 members (excludes halogenated alkanes) is 1. The number of hydrogen-bond donors (Lipinski definition) is 5. The summed E-state index contributed by atoms with van der Waals surface area (Å²) in [7, 11) is 0. The van der Waals surface area contributed by atoms with Crippen LogP contribution in [0.15, 0.2) is 0 Å². The molecule has 2 fully saturated rings. The van der Waals surface area contributed by atoms with E-state index < -0.39 is 43.2 Å². The van der Waals surface area contributed by atoms with Crippen LogP contribution in [0.25, 0.3) is 0 Å². The lowest BCUT2D eigenvalue weighted by molar-refractivity contribution is -0.270. The maximum absolute atomic E-state index is 12.2. The zero-order valence-corrected chi connectivity index (χ0v) is 16.2. The van der Waals surface area contributed by atoms with Crippen molar-refractivity contribution >= 4 is 11.8 Å². The van der Waals surface area contributed by atoms with Gasteiger partial charge in [0.05, 0.1) is 19.3 Å². The van der Waals surface area contributed by atoms with E-state index in [9.17, 15) is 30.0 Å². The smallest absolute Gasteiger partial charge is 0.222 e. The molecule has 28 heavy (non-hydrogen) atoms. The highest BCUT2D eigenvalue weighted by atomic mass is 16.7. The fourth-order valence-electron chi connectivity index (χ4n) is 3.69. The van der Waals surface area contributed by atoms with Crippen LogP contribution in [-0.2, 0) is 19.1 Å². The van der Waals surface area contributed by atoms with Gasteiger partial charge in [-0.15, -0.1) is 0 Å². The Balaban J connectivity index is 1.77. The molecule has 6 atom stereocenters. The van der Waals surface area contributed by atoms with Gasteiger partial charge >= 0.3 is 0 Å². The summed E-state index contributed by atoms with van der Waals surface area (Å²) in [5.74, 6) is -0.397. The van der Waals surface area contributed by atoms with Gasteiger partial charge in [0.1, 0.15) is 24.4 Å². The summed E-state index contributed by atoms with van der Waals surface area (Å²) in [4.78, 5) is 25.3. The first-order chi connectivity index (χ1) is 13.4. The summed E-state index contributed by atoms with van der Waals surface area (Å²) < 4.78 is 11.1. The van der Waals surface area contributed by atoms with Crippen LogP contribution in [0.4, 0.5) is 0 Å². The van der Waals surface area contributed by atoms with Gasteiger partial charge in [-0.1, -0.05) is 0 Å². The summed E-state index contributed by atoms with van der Waals surface area (Å²) in [6, 6.07) is -1.05. The van der Waals surface area contributed by atoms with E-state index in [1.165, 1.54) is 6.92 Å². The Hall–Kier alpha value is -1.30. The van der Waals surface area contributed by atoms with Crippen LogP contribution >= 0.6 is 0 Å². The number of carbonyl (C=O) groups excluding carboxylic acids is 2. The third-order valence-corrected chi connectivity index (χ3v) is 5.23. The van der Waals surface area contributed by atoms with Gasteiger partial charge in [-0.05, 0) is 25.7 Å². The molecule has 10 heteroatoms. The number of likely N-dealkylation sites (tertiary alicyclic amines) is 1. The molecular weight excluding hydrogens is 372 g/mol. The van der Waals surface area contributed by atoms with Crippen molar-refractivity contribution in [2.24, 2.45) is 0 Å². The lowest BCUT2D eigenvalue weighted by atomic mass is 9.97. The van der Waals surface area contributed by atoms with Crippen molar-refractivity contribution in [1.82, 2.24) is 10.2 Å². The topological polar surface area (TPSA) is 149 Å². The zero-order chi connectivity index (χ0) is 20.7. The number of carbonyl (C=O) groups is 2. The normalized spacial score (nSPS) is 33.1. The summed E-state index contributed by atoms with van der Waals surface area (Å²) in [6.45, 7) is 1.66. The van der Waals surface area contributed by atoms with Crippen LogP contribution in [0.3, 0.4) is 0 Å². The third-order valence-electron chi connectivity index (χ3n) is 5.23. The quantitative estimate of drug-likeness (QED) is 0.280. The Bertz CT molecular complexity index is 520. The Morgan fingerprint density at radius 2 is 1.93 bits per heavy atom. The molecule has 10 nitrogen and oxygen atoms in total. The molecular formula is C18H32N2O8. The highest BCUT2D eigenvalue weighted by molar-refractivity contribution is 5.76. The number of aliphatic hydroxyl groups is 4. The van der Waals surface area contributed by atoms with Crippen molar-refractivity contribution in [3.05, 3.63) is 0 Å². The van der Waals surface area contributed by atoms with Crippen LogP contribution in [0, 0.1) is 0 Å². The minimum absolute atomic E-state index is 0.0143. The van der Waals surface area contributed by atoms with Gasteiger partial charge in [0.15, 0.2) is 6.29 Å². The number of nitrogens with one attached hydrogen (secondary N) is 1. The van der Waals surface area contributed by atoms with Gasteiger partial charge in [-0.25, -0.2) is 0 Å². The van der Waals surface area contributed by atoms with Gasteiger partial charge < -0.3 is 40.1 Å². The fourth-order valence-corrected chi connectivity index (χ4v) is 3.69. The van der Waals surface area contributed by atoms with Crippen molar-refractivity contribution in [3.63, 3.8) is 0 Å². The van der Waals surface area contributed by atoms with E-state index in [0.717, 1.165) is 12.8 Å². The molecule has 2 amide bonds. The van der Waals surface area contributed by atoms with E-state index in [1.54, 1.807) is 4.90 Å². The molecule has 2 heterocycles. The molecule has 0 aliphatic carbocycles. The van der Waals surface area contributed by atoms with E-state index in [4.69, 9.17) is 9.47 Å². The minimum Gasteiger partial charge on any atom is -0.394 e. The predicted octanol–water partition coefficient (Wildman–Crippen LogP) is -1.90. The summed E-state index contributed by atoms with van der Waals surface area (Å²) >= 11 is 0. The minimum atomic E-state index is -1.35. The monoisotopic (exact) mass is 404 g/mol. The Labute approximate surface area is 164 Å². The first-order valence-electron chi connectivity index (χ1n) is 9.80. The molecule has 2 rings (SSSR count). The second kappa shape index (κ2) is 11.0. The van der Waals surface area contributed by atoms with E-state index in [1.807, 2.05) is 0 Å². The first-order valence-corrected chi connectivity index (χ1v) is 9.80. The lowest BCUT2D eigenvalue weighted by Crippen LogP contribution is -2.64. The number of nitrogens with zero attached hydrogens (tertiary/aromatic N) is 1. The van der Waals surface area contributed by atoms with E-state index in [-0.39, 0.29) is 25.2 Å². The van der Waals surface area contributed by atoms with Crippen LogP contribution in [0.1, 0.15) is 39.0 Å². The van der Waals surface area contributed by atoms with Gasteiger partial charge in [0.2, 0.25) is 11.8 Å². The number of hydrogen-bond acceptors (Lipinski definition) is 8. The standard InChI is InChI=1S/C18H32N2O8/c1-11(23)19-15-17(26)16(25)13(10-22)28-18(15)27-8-3-2-6-14(24)20-7-4-5-12(20)9-21/h12-13,15-18,21-22,25-26H,2-10H2,1H3,(H,19,23)/t12-,13?,15?,16?,17?,18?/m0/s1. The molecule has 0 radical (unpaired) electrons. The molecule has 0 spiro atoms. The van der Waals surface area contributed by atoms with Crippen molar-refractivity contribution in [3.8, 4) is 0 Å². The molecule has 0 aromatic carbocycles. The van der Waals surface area contributed by atoms with Gasteiger partial charge in [-0.3, -0.25) is 9.59 Å². The summed E-state index contributed by atoms with van der Waals surface area (Å²) in [5, 5.41) is 41.2. The zero-order valence-electron chi connectivity index (χ0n) is 16.2. The van der Waals surface area contributed by atoms with Crippen molar-refractivity contribution in [1.29, 1.82) is 0 Å². The van der Waals surface area contributed by atoms with Crippen LogP contribution in [0.5, 0.6) is 0 Å². The van der Waals surface area contributed by atoms with Gasteiger partial charge in [0.25, 0.3) is 0 Å². The molecule has 2 aliphatic heterocycles. The molecule has 5 unspecified atom stereocenters. The van der Waals surface area contributed by atoms with Crippen LogP contribution < -0.4 is 5.32 Å². The highest BCUT2D eigenvalue weighted by Gasteiger charge is 2.45. The van der Waals surface area contributed by atoms with Crippen molar-refractivity contribution < 1.29 is 39.5 Å². The molecule has 5 N–H and O–H groups in total. The van der Waals surface area contributed by atoms with Gasteiger partial charge in [-0.2, -0.15) is 0 Å². The largest absolute Gasteiger partial charge is 0.394 e. The Kier molecular flexibility index (Phi) is 9.06. The Morgan fingerprint density at radius 3 is 2.57 bits per heavy atom. The summed E-state index contributed by atoms with van der Waals surface area (Å²) in [5.41, 5.74) is 0. The van der Waals surface area contributed by atoms with Crippen molar-refractivity contribution in [2.75, 3.05) is 26.4 Å². The summed E-state index contributed by atoms with van der Waals surface area (Å²) in [6.07, 6.45) is -1.51. The Morgan fingerprint density at radius 1 is 1.18 bits per heavy atom. The molecule has 0 saturated carbocycles. The lowest BCUT2D eigenvalue weighted by Gasteiger charge is -2.42. The number of rotatable bonds is 9. The third kappa shape index (κ3) is 5.85. The predicted molar refractivity (Wildman–Crippen MR) is 97.0 cm³/mol. The fraction of sp³-hybridized carbons (Fsp3) is 0.889. The molecule has 162 valence electrons. The van der Waals surface area contributed by atoms with E-state index in [2.05, 4.69) is 5.32 Å². The average Bonchev–Trinajstić information content (AvgIpc) is 3.15. The highest BCUT2D eigenvalue weighted by Crippen LogP contribution is 2.23. The number of amides is 2. The number of ether oxygens (including phenoxy) is 2. The molecule has 2 saturated heterocycles. The SMILES string of the molecule is CC(=O)NC1C(OCCCCC(=O)N2CCC[C@H]2CO)OC(CO)C(O)C1O. The first kappa shape index (κ1) is 23.0. The van der Waals surface area contributed by atoms with Gasteiger partial charge in [0, 0.05) is 26.5 Å². The molecule has 0 bridgehead atoms. The van der Waals surface area contributed by atoms with Crippen molar-refractivity contribution in [2.45, 2.75) is 75.7 Å². The molecule has 0 aromatic heterocycles. The molecule has 0 aromatic rings. The maximum atomic E-state index is 12.2. The number of aliphatic hydroxyl groups excluding tert-OH is 4. The van der Waals surface area contributed by atoms with E-state index >= 15 is 0 Å². The molecule has 2 aliphatic rings. The average molecular weight is 404 g/mol. The maximum Gasteiger partial charge on any atom is 0.222 e. The van der Waals surface area contributed by atoms with Crippen LogP contribution in [-0.4, -0.2) is 100 Å². The van der Waals surface area contributed by atoms with Crippen LogP contribution in [0.2, 0.25) is 0 Å². The van der Waals surface area contributed by atoms with E-state index in [0.29, 0.717) is 25.8 Å².